The third kappa shape index (κ3) is 22.7. The number of carboxylic acids is 1. The van der Waals surface area contributed by atoms with Crippen molar-refractivity contribution < 1.29 is 87.1 Å². The number of rotatable bonds is 14. The summed E-state index contributed by atoms with van der Waals surface area (Å²) < 4.78 is 35.0. The predicted octanol–water partition coefficient (Wildman–Crippen LogP) is 7.03. The van der Waals surface area contributed by atoms with Crippen LogP contribution in [-0.2, 0) is 52.5 Å². The average Bonchev–Trinajstić information content (AvgIpc) is 1.25. The van der Waals surface area contributed by atoms with E-state index in [9.17, 15) is 48.9 Å². The molecular weight excluding hydrogens is 1250 g/mol. The van der Waals surface area contributed by atoms with E-state index in [0.717, 1.165) is 38.9 Å². The highest BCUT2D eigenvalue weighted by Gasteiger charge is 2.42. The van der Waals surface area contributed by atoms with Crippen molar-refractivity contribution in [3.05, 3.63) is 199 Å². The molecule has 0 bridgehead atoms. The fraction of sp³-hybridized carbons (Fsp3) is 0.296. The zero-order chi connectivity index (χ0) is 69.5. The van der Waals surface area contributed by atoms with Crippen LogP contribution in [0.5, 0.6) is 5.75 Å². The summed E-state index contributed by atoms with van der Waals surface area (Å²) in [5, 5.41) is 53.1. The van der Waals surface area contributed by atoms with Crippen molar-refractivity contribution in [2.24, 2.45) is 0 Å². The lowest BCUT2D eigenvalue weighted by atomic mass is 10.0. The molecule has 0 aliphatic carbocycles. The predicted molar refractivity (Wildman–Crippen MR) is 362 cm³/mol. The summed E-state index contributed by atoms with van der Waals surface area (Å²) in [4.78, 5) is 87.3. The molecule has 511 valence electrons. The highest BCUT2D eigenvalue weighted by atomic mass is 16.6. The minimum Gasteiger partial charge on any atom is -0.537 e. The molecule has 0 spiro atoms. The second kappa shape index (κ2) is 36.0. The Hall–Kier alpha value is -10.3. The van der Waals surface area contributed by atoms with E-state index >= 15 is 0 Å². The highest BCUT2D eigenvalue weighted by molar-refractivity contribution is 6.17. The SMILES string of the molecule is C.CC(C)(C)OC(=O)[C@H](O)[C@H]1OCCN(c2cccc(-c3ccccc3)c2)C1=O.CC(C)(C)OC(=O)[C@H](O)[C@H]1OCCNC1=O.Nc1ccc(-c2noc(=O)[nH]2)cc1.O=C(O)[C@H](O)[C@H]1OCCN(c2cccc(-c3ccccc3)c2)C1=O.O[B]Oc1cccc(-c2ccccc2)c1. The number of ether oxygens (including phenoxy) is 5. The van der Waals surface area contributed by atoms with Crippen LogP contribution in [0.3, 0.4) is 0 Å². The third-order valence-corrected chi connectivity index (χ3v) is 13.9. The number of carbonyl (C=O) groups excluding carboxylic acids is 5. The first-order valence-corrected chi connectivity index (χ1v) is 30.3. The van der Waals surface area contributed by atoms with Crippen LogP contribution in [0.4, 0.5) is 17.1 Å². The molecule has 4 heterocycles. The van der Waals surface area contributed by atoms with Gasteiger partial charge in [-0.3, -0.25) is 23.9 Å². The first kappa shape index (κ1) is 75.7. The number of H-pyrrole nitrogens is 1. The van der Waals surface area contributed by atoms with Gasteiger partial charge in [-0.05, 0) is 136 Å². The van der Waals surface area contributed by atoms with Gasteiger partial charge in [0.25, 0.3) is 17.7 Å². The molecule has 0 unspecified atom stereocenters. The second-order valence-electron chi connectivity index (χ2n) is 23.4. The zero-order valence-electron chi connectivity index (χ0n) is 53.6. The lowest BCUT2D eigenvalue weighted by Crippen LogP contribution is -2.55. The summed E-state index contributed by atoms with van der Waals surface area (Å²) in [5.41, 5.74) is 13.0. The van der Waals surface area contributed by atoms with Crippen molar-refractivity contribution in [1.82, 2.24) is 15.5 Å². The van der Waals surface area contributed by atoms with Gasteiger partial charge in [-0.1, -0.05) is 140 Å². The highest BCUT2D eigenvalue weighted by Crippen LogP contribution is 2.30. The quantitative estimate of drug-likeness (QED) is 0.0307. The lowest BCUT2D eigenvalue weighted by Gasteiger charge is -2.34. The molecule has 26 heteroatoms. The summed E-state index contributed by atoms with van der Waals surface area (Å²) in [7, 11) is 0.685. The number of carboxylic acid groups (broad SMARTS) is 1. The van der Waals surface area contributed by atoms with Gasteiger partial charge in [-0.15, -0.1) is 0 Å². The van der Waals surface area contributed by atoms with Crippen molar-refractivity contribution >= 4 is 60.4 Å². The molecule has 9 N–H and O–H groups in total. The van der Waals surface area contributed by atoms with E-state index in [1.54, 1.807) is 77.9 Å². The number of benzene rings is 7. The maximum absolute atomic E-state index is 12.9. The standard InChI is InChI=1S/C22H25NO5.C18H17NO5.C12H10BO2.C10H17NO5.C8H7N3O2.CH4/c1-22(2,3)28-21(26)18(24)19-20(25)23(12-13-27-19)17-11-7-10-16(14-17)15-8-5-4-6-9-15;20-15(18(22)23)16-17(21)19(9-10-24-16)14-8-4-7-13(11-14)12-5-2-1-3-6-12;14-13-15-12-8-4-7-11(9-12)10-5-2-1-3-6-10;1-10(2,3)16-9(14)6(12)7-8(13)11-4-5-15-7;9-6-3-1-5(2-4-6)7-10-8(12)13-11-7;/h4-11,14,18-19,24H,12-13H2,1-3H3;1-8,11,15-16,20H,9-10H2,(H,22,23);1-9,14H;6-7,12H,4-5H2,1-3H3,(H,11,13);1-4H,9H2,(H,10,11,12);1H4/t18-,19-;15-,16-;;6-,7-;;/m11.1../s1. The molecule has 3 saturated heterocycles. The molecule has 11 rings (SSSR count). The minimum atomic E-state index is -1.88. The van der Waals surface area contributed by atoms with Crippen LogP contribution in [0.2, 0.25) is 0 Å². The molecule has 7 aromatic carbocycles. The van der Waals surface area contributed by atoms with Crippen LogP contribution in [0.1, 0.15) is 49.0 Å². The van der Waals surface area contributed by atoms with Gasteiger partial charge < -0.3 is 74.6 Å². The molecule has 25 nitrogen and oxygen atoms in total. The Balaban J connectivity index is 0.000000197. The molecule has 3 aliphatic heterocycles. The van der Waals surface area contributed by atoms with E-state index in [0.29, 0.717) is 56.0 Å². The topological polar surface area (TPSA) is 362 Å². The summed E-state index contributed by atoms with van der Waals surface area (Å²) in [6, 6.07) is 59.1. The Morgan fingerprint density at radius 1 is 0.546 bits per heavy atom. The van der Waals surface area contributed by atoms with Gasteiger partial charge in [0.2, 0.25) is 0 Å². The Kier molecular flexibility index (Phi) is 28.1. The molecule has 3 aliphatic rings. The number of hydrogen-bond acceptors (Lipinski definition) is 20. The number of anilines is 3. The third-order valence-electron chi connectivity index (χ3n) is 13.9. The number of hydrogen-bond donors (Lipinski definition) is 8. The van der Waals surface area contributed by atoms with Gasteiger partial charge in [-0.2, -0.15) is 0 Å². The van der Waals surface area contributed by atoms with Crippen molar-refractivity contribution in [2.75, 3.05) is 55.0 Å². The van der Waals surface area contributed by atoms with Crippen LogP contribution in [0.15, 0.2) is 197 Å². The fourth-order valence-electron chi connectivity index (χ4n) is 9.45. The number of amides is 3. The first-order chi connectivity index (χ1) is 45.8. The van der Waals surface area contributed by atoms with E-state index in [-0.39, 0.29) is 27.2 Å². The van der Waals surface area contributed by atoms with Gasteiger partial charge >= 0.3 is 31.3 Å². The lowest BCUT2D eigenvalue weighted by molar-refractivity contribution is -0.178. The summed E-state index contributed by atoms with van der Waals surface area (Å²) >= 11 is 0. The summed E-state index contributed by atoms with van der Waals surface area (Å²) in [5.74, 6) is -4.25. The van der Waals surface area contributed by atoms with Crippen molar-refractivity contribution in [2.45, 2.75) is 96.8 Å². The van der Waals surface area contributed by atoms with Crippen molar-refractivity contribution in [1.29, 1.82) is 0 Å². The number of aliphatic carboxylic acids is 1. The molecular formula is C71H80BN6O19. The number of nitrogens with two attached hydrogens (primary N) is 1. The number of carbonyl (C=O) groups is 6. The Labute approximate surface area is 561 Å². The fourth-order valence-corrected chi connectivity index (χ4v) is 9.45. The molecule has 3 amide bonds. The van der Waals surface area contributed by atoms with Crippen LogP contribution in [0, 0.1) is 0 Å². The van der Waals surface area contributed by atoms with Gasteiger partial charge in [-0.25, -0.2) is 19.2 Å². The van der Waals surface area contributed by atoms with Gasteiger partial charge in [0.1, 0.15) is 17.0 Å². The van der Waals surface area contributed by atoms with Crippen molar-refractivity contribution in [3.63, 3.8) is 0 Å². The molecule has 6 atom stereocenters. The maximum atomic E-state index is 12.9. The molecule has 1 aromatic heterocycles. The number of esters is 2. The van der Waals surface area contributed by atoms with E-state index in [2.05, 4.69) is 20.0 Å². The minimum absolute atomic E-state index is 0. The summed E-state index contributed by atoms with van der Waals surface area (Å²) in [6.45, 7) is 11.8. The number of nitrogens with zero attached hydrogens (tertiary/aromatic N) is 3. The Bertz CT molecular complexity index is 3900. The van der Waals surface area contributed by atoms with Crippen LogP contribution < -0.4 is 31.3 Å². The Morgan fingerprint density at radius 2 is 0.959 bits per heavy atom. The molecule has 1 radical (unpaired) electrons. The zero-order valence-corrected chi connectivity index (χ0v) is 53.6. The number of nitrogens with one attached hydrogen (secondary N) is 2. The number of aromatic amines is 1. The van der Waals surface area contributed by atoms with E-state index in [1.165, 1.54) is 9.80 Å². The number of aliphatic hydroxyl groups excluding tert-OH is 3. The molecule has 8 aromatic rings. The van der Waals surface area contributed by atoms with Crippen LogP contribution in [0.25, 0.3) is 44.8 Å². The van der Waals surface area contributed by atoms with E-state index < -0.39 is 89.2 Å². The summed E-state index contributed by atoms with van der Waals surface area (Å²) in [6.07, 6.45) is -8.99. The Morgan fingerprint density at radius 3 is 1.37 bits per heavy atom. The monoisotopic (exact) mass is 1330 g/mol. The maximum Gasteiger partial charge on any atom is 0.569 e. The largest absolute Gasteiger partial charge is 0.569 e. The van der Waals surface area contributed by atoms with Gasteiger partial charge in [0.05, 0.1) is 19.8 Å². The van der Waals surface area contributed by atoms with E-state index in [1.807, 2.05) is 152 Å². The van der Waals surface area contributed by atoms with Crippen LogP contribution >= 0.6 is 0 Å². The first-order valence-electron chi connectivity index (χ1n) is 30.3. The van der Waals surface area contributed by atoms with Crippen LogP contribution in [-0.4, -0.2) is 166 Å². The smallest absolute Gasteiger partial charge is 0.537 e. The van der Waals surface area contributed by atoms with Gasteiger partial charge in [0.15, 0.2) is 42.4 Å². The second-order valence-corrected chi connectivity index (χ2v) is 23.4. The number of aromatic nitrogens is 2. The van der Waals surface area contributed by atoms with Crippen molar-refractivity contribution in [3.8, 4) is 50.5 Å². The molecule has 97 heavy (non-hydrogen) atoms. The molecule has 0 saturated carbocycles. The number of morpholine rings is 3. The normalized spacial score (nSPS) is 16.8. The number of aliphatic hydroxyl groups is 3. The van der Waals surface area contributed by atoms with Gasteiger partial charge in [0, 0.05) is 42.3 Å². The average molecular weight is 1330 g/mol. The molecule has 3 fully saturated rings. The van der Waals surface area contributed by atoms with E-state index in [4.69, 9.17) is 44.2 Å². The number of nitrogen functional groups attached to an aromatic ring is 1.